The molecule has 0 fully saturated rings. The summed E-state index contributed by atoms with van der Waals surface area (Å²) in [6.07, 6.45) is 1.82. The van der Waals surface area contributed by atoms with Crippen LogP contribution in [0, 0.1) is 0 Å². The predicted molar refractivity (Wildman–Crippen MR) is 76.2 cm³/mol. The molecule has 100 valence electrons. The largest absolute Gasteiger partial charge is 0.494 e. The average Bonchev–Trinajstić information content (AvgIpc) is 2.74. The van der Waals surface area contributed by atoms with Crippen LogP contribution in [0.3, 0.4) is 0 Å². The number of aromatic nitrogens is 1. The molecule has 0 aliphatic rings. The van der Waals surface area contributed by atoms with Crippen LogP contribution in [0.1, 0.15) is 10.4 Å². The van der Waals surface area contributed by atoms with Gasteiger partial charge in [0, 0.05) is 24.2 Å². The van der Waals surface area contributed by atoms with Gasteiger partial charge in [0.1, 0.15) is 0 Å². The van der Waals surface area contributed by atoms with Crippen molar-refractivity contribution in [3.8, 4) is 5.75 Å². The topological polar surface area (TPSA) is 43.6 Å². The minimum Gasteiger partial charge on any atom is -0.494 e. The summed E-state index contributed by atoms with van der Waals surface area (Å²) in [6.45, 7) is 0. The highest BCUT2D eigenvalue weighted by Gasteiger charge is 2.13. The molecule has 0 spiro atoms. The Labute approximate surface area is 123 Å². The lowest BCUT2D eigenvalue weighted by molar-refractivity contribution is 0.0998. The number of hydrogen-bond donors (Lipinski definition) is 0. The summed E-state index contributed by atoms with van der Waals surface area (Å²) in [5, 5.41) is 2.41. The van der Waals surface area contributed by atoms with E-state index in [4.69, 9.17) is 27.9 Å². The summed E-state index contributed by atoms with van der Waals surface area (Å²) in [7, 11) is 3.28. The molecule has 0 atom stereocenters. The number of benzene rings is 1. The number of aryl methyl sites for hydroxylation is 1. The molecule has 0 saturated heterocycles. The quantitative estimate of drug-likeness (QED) is 0.854. The van der Waals surface area contributed by atoms with Crippen molar-refractivity contribution in [2.75, 3.05) is 7.11 Å². The third-order valence-electron chi connectivity index (χ3n) is 2.41. The second-order valence-electron chi connectivity index (χ2n) is 3.69. The van der Waals surface area contributed by atoms with Crippen molar-refractivity contribution in [3.05, 3.63) is 44.1 Å². The molecule has 1 aromatic carbocycles. The highest BCUT2D eigenvalue weighted by Crippen LogP contribution is 2.33. The van der Waals surface area contributed by atoms with Gasteiger partial charge in [-0.2, -0.15) is 4.99 Å². The SMILES string of the molecule is COc1c(Cl)cc(C(=O)N=c2sccn2C)cc1Cl. The van der Waals surface area contributed by atoms with Crippen molar-refractivity contribution < 1.29 is 9.53 Å². The Bertz CT molecular complexity index is 668. The average molecular weight is 317 g/mol. The van der Waals surface area contributed by atoms with Gasteiger partial charge in [-0.05, 0) is 12.1 Å². The molecule has 2 rings (SSSR count). The molecule has 2 aromatic rings. The Kier molecular flexibility index (Phi) is 4.29. The molecule has 7 heteroatoms. The predicted octanol–water partition coefficient (Wildman–Crippen LogP) is 3.14. The molecular weight excluding hydrogens is 307 g/mol. The molecule has 19 heavy (non-hydrogen) atoms. The Morgan fingerprint density at radius 1 is 1.37 bits per heavy atom. The second-order valence-corrected chi connectivity index (χ2v) is 5.37. The third kappa shape index (κ3) is 3.00. The lowest BCUT2D eigenvalue weighted by Crippen LogP contribution is -2.12. The highest BCUT2D eigenvalue weighted by atomic mass is 35.5. The van der Waals surface area contributed by atoms with E-state index in [0.717, 1.165) is 0 Å². The van der Waals surface area contributed by atoms with E-state index in [1.54, 1.807) is 4.57 Å². The monoisotopic (exact) mass is 316 g/mol. The fraction of sp³-hybridized carbons (Fsp3) is 0.167. The Hall–Kier alpha value is -1.30. The van der Waals surface area contributed by atoms with E-state index in [1.807, 2.05) is 18.6 Å². The van der Waals surface area contributed by atoms with Gasteiger partial charge in [-0.25, -0.2) is 0 Å². The number of ether oxygens (including phenoxy) is 1. The van der Waals surface area contributed by atoms with Crippen LogP contribution in [0.15, 0.2) is 28.7 Å². The zero-order chi connectivity index (χ0) is 14.0. The summed E-state index contributed by atoms with van der Waals surface area (Å²) in [5.41, 5.74) is 0.323. The number of carbonyl (C=O) groups excluding carboxylic acids is 1. The molecule has 4 nitrogen and oxygen atoms in total. The molecule has 0 saturated carbocycles. The van der Waals surface area contributed by atoms with E-state index in [1.165, 1.54) is 30.6 Å². The number of nitrogens with zero attached hydrogens (tertiary/aromatic N) is 2. The number of hydrogen-bond acceptors (Lipinski definition) is 3. The molecule has 0 unspecified atom stereocenters. The van der Waals surface area contributed by atoms with Crippen molar-refractivity contribution in [1.29, 1.82) is 0 Å². The molecule has 0 radical (unpaired) electrons. The van der Waals surface area contributed by atoms with Gasteiger partial charge < -0.3 is 9.30 Å². The fourth-order valence-corrected chi connectivity index (χ4v) is 2.83. The summed E-state index contributed by atoms with van der Waals surface area (Å²) >= 11 is 13.3. The first-order valence-electron chi connectivity index (χ1n) is 5.25. The maximum Gasteiger partial charge on any atom is 0.279 e. The van der Waals surface area contributed by atoms with E-state index >= 15 is 0 Å². The third-order valence-corrected chi connectivity index (χ3v) is 3.82. The maximum atomic E-state index is 12.0. The number of thiazole rings is 1. The van der Waals surface area contributed by atoms with Crippen LogP contribution in [0.25, 0.3) is 0 Å². The summed E-state index contributed by atoms with van der Waals surface area (Å²) in [4.78, 5) is 16.7. The Morgan fingerprint density at radius 2 is 2.00 bits per heavy atom. The van der Waals surface area contributed by atoms with Gasteiger partial charge in [0.15, 0.2) is 10.6 Å². The lowest BCUT2D eigenvalue weighted by Gasteiger charge is -2.06. The van der Waals surface area contributed by atoms with Crippen molar-refractivity contribution in [2.45, 2.75) is 0 Å². The van der Waals surface area contributed by atoms with Gasteiger partial charge >= 0.3 is 0 Å². The van der Waals surface area contributed by atoms with E-state index in [2.05, 4.69) is 4.99 Å². The number of amides is 1. The van der Waals surface area contributed by atoms with E-state index in [9.17, 15) is 4.79 Å². The lowest BCUT2D eigenvalue weighted by atomic mass is 10.2. The zero-order valence-corrected chi connectivity index (χ0v) is 12.5. The highest BCUT2D eigenvalue weighted by molar-refractivity contribution is 7.07. The molecule has 0 aliphatic heterocycles. The van der Waals surface area contributed by atoms with Crippen molar-refractivity contribution in [2.24, 2.45) is 12.0 Å². The molecule has 1 amide bonds. The Balaban J connectivity index is 2.44. The van der Waals surface area contributed by atoms with E-state index in [-0.39, 0.29) is 10.0 Å². The zero-order valence-electron chi connectivity index (χ0n) is 10.2. The van der Waals surface area contributed by atoms with Gasteiger partial charge in [0.25, 0.3) is 5.91 Å². The van der Waals surface area contributed by atoms with Crippen LogP contribution in [0.5, 0.6) is 5.75 Å². The van der Waals surface area contributed by atoms with Crippen LogP contribution in [-0.2, 0) is 7.05 Å². The van der Waals surface area contributed by atoms with E-state index < -0.39 is 5.91 Å². The van der Waals surface area contributed by atoms with Crippen molar-refractivity contribution in [1.82, 2.24) is 4.57 Å². The molecular formula is C12H10Cl2N2O2S. The maximum absolute atomic E-state index is 12.0. The van der Waals surface area contributed by atoms with Crippen LogP contribution >= 0.6 is 34.5 Å². The number of rotatable bonds is 2. The van der Waals surface area contributed by atoms with Crippen molar-refractivity contribution in [3.63, 3.8) is 0 Å². The molecule has 0 aliphatic carbocycles. The van der Waals surface area contributed by atoms with Crippen LogP contribution < -0.4 is 9.54 Å². The Morgan fingerprint density at radius 3 is 2.47 bits per heavy atom. The standard InChI is InChI=1S/C12H10Cl2N2O2S/c1-16-3-4-19-12(16)15-11(17)7-5-8(13)10(18-2)9(14)6-7/h3-6H,1-2H3. The summed E-state index contributed by atoms with van der Waals surface area (Å²) < 4.78 is 6.79. The smallest absolute Gasteiger partial charge is 0.279 e. The minimum atomic E-state index is -0.399. The van der Waals surface area contributed by atoms with Crippen molar-refractivity contribution >= 4 is 40.4 Å². The van der Waals surface area contributed by atoms with Crippen LogP contribution in [0.2, 0.25) is 10.0 Å². The summed E-state index contributed by atoms with van der Waals surface area (Å²) in [6, 6.07) is 2.98. The molecule has 0 N–H and O–H groups in total. The van der Waals surface area contributed by atoms with Gasteiger partial charge in [-0.15, -0.1) is 11.3 Å². The van der Waals surface area contributed by atoms with Gasteiger partial charge in [0.05, 0.1) is 17.2 Å². The number of halogens is 2. The van der Waals surface area contributed by atoms with Gasteiger partial charge in [0.2, 0.25) is 0 Å². The first-order valence-corrected chi connectivity index (χ1v) is 6.88. The van der Waals surface area contributed by atoms with E-state index in [0.29, 0.717) is 16.1 Å². The first-order chi connectivity index (χ1) is 9.02. The fourth-order valence-electron chi connectivity index (χ4n) is 1.46. The normalized spacial score (nSPS) is 11.7. The molecule has 0 bridgehead atoms. The summed E-state index contributed by atoms with van der Waals surface area (Å²) in [5.74, 6) is -0.0499. The number of methoxy groups -OCH3 is 1. The molecule has 1 aromatic heterocycles. The molecule has 1 heterocycles. The second kappa shape index (κ2) is 5.77. The van der Waals surface area contributed by atoms with Gasteiger partial charge in [-0.3, -0.25) is 4.79 Å². The van der Waals surface area contributed by atoms with Crippen LogP contribution in [-0.4, -0.2) is 17.6 Å². The van der Waals surface area contributed by atoms with Gasteiger partial charge in [-0.1, -0.05) is 23.2 Å². The van der Waals surface area contributed by atoms with Crippen LogP contribution in [0.4, 0.5) is 0 Å². The minimum absolute atomic E-state index is 0.282. The number of carbonyl (C=O) groups is 1. The first kappa shape index (κ1) is 14.1.